The zero-order valence-electron chi connectivity index (χ0n) is 12.3. The van der Waals surface area contributed by atoms with Gasteiger partial charge in [-0.25, -0.2) is 4.68 Å². The standard InChI is InChI=1S/C16H20N4O/c1-2-8-20-16(21)10-13-11-19(9-6-15(13)18-20)12-14-5-3-4-7-17-14/h3-5,7,10H,2,6,8-9,11-12H2,1H3. The molecule has 0 unspecified atom stereocenters. The molecule has 1 aliphatic heterocycles. The summed E-state index contributed by atoms with van der Waals surface area (Å²) in [6.45, 7) is 5.31. The van der Waals surface area contributed by atoms with E-state index in [-0.39, 0.29) is 5.56 Å². The van der Waals surface area contributed by atoms with E-state index in [0.717, 1.165) is 49.4 Å². The number of hydrogen-bond acceptors (Lipinski definition) is 4. The lowest BCUT2D eigenvalue weighted by Gasteiger charge is -2.27. The third-order valence-corrected chi connectivity index (χ3v) is 3.77. The van der Waals surface area contributed by atoms with Gasteiger partial charge in [-0.05, 0) is 24.1 Å². The Morgan fingerprint density at radius 1 is 1.33 bits per heavy atom. The number of pyridine rings is 1. The molecule has 5 nitrogen and oxygen atoms in total. The van der Waals surface area contributed by atoms with Crippen LogP contribution in [-0.4, -0.2) is 26.2 Å². The Morgan fingerprint density at radius 3 is 3.00 bits per heavy atom. The number of hydrogen-bond donors (Lipinski definition) is 0. The highest BCUT2D eigenvalue weighted by molar-refractivity contribution is 5.21. The number of rotatable bonds is 4. The molecular formula is C16H20N4O. The molecule has 1 aliphatic rings. The first-order valence-corrected chi connectivity index (χ1v) is 7.48. The van der Waals surface area contributed by atoms with Crippen LogP contribution in [0.5, 0.6) is 0 Å². The minimum Gasteiger partial charge on any atom is -0.293 e. The Kier molecular flexibility index (Phi) is 4.10. The predicted molar refractivity (Wildman–Crippen MR) is 80.8 cm³/mol. The van der Waals surface area contributed by atoms with Gasteiger partial charge < -0.3 is 0 Å². The van der Waals surface area contributed by atoms with Gasteiger partial charge in [0.15, 0.2) is 0 Å². The third-order valence-electron chi connectivity index (χ3n) is 3.77. The van der Waals surface area contributed by atoms with Crippen LogP contribution < -0.4 is 5.56 Å². The Balaban J connectivity index is 1.76. The van der Waals surface area contributed by atoms with E-state index in [1.54, 1.807) is 10.7 Å². The maximum atomic E-state index is 12.0. The molecule has 0 N–H and O–H groups in total. The fraction of sp³-hybridized carbons (Fsp3) is 0.438. The van der Waals surface area contributed by atoms with E-state index in [0.29, 0.717) is 6.54 Å². The predicted octanol–water partition coefficient (Wildman–Crippen LogP) is 1.61. The number of nitrogens with zero attached hydrogens (tertiary/aromatic N) is 4. The fourth-order valence-electron chi connectivity index (χ4n) is 2.73. The highest BCUT2D eigenvalue weighted by Gasteiger charge is 2.19. The molecule has 5 heteroatoms. The van der Waals surface area contributed by atoms with Gasteiger partial charge in [-0.2, -0.15) is 5.10 Å². The smallest absolute Gasteiger partial charge is 0.267 e. The molecule has 0 amide bonds. The van der Waals surface area contributed by atoms with Crippen molar-refractivity contribution in [2.45, 2.75) is 39.4 Å². The van der Waals surface area contributed by atoms with E-state index in [4.69, 9.17) is 0 Å². The van der Waals surface area contributed by atoms with Crippen molar-refractivity contribution in [1.82, 2.24) is 19.7 Å². The lowest BCUT2D eigenvalue weighted by molar-refractivity contribution is 0.238. The molecule has 0 aromatic carbocycles. The summed E-state index contributed by atoms with van der Waals surface area (Å²) in [5.41, 5.74) is 3.21. The molecule has 0 radical (unpaired) electrons. The summed E-state index contributed by atoms with van der Waals surface area (Å²) < 4.78 is 1.59. The van der Waals surface area contributed by atoms with Crippen molar-refractivity contribution < 1.29 is 0 Å². The summed E-state index contributed by atoms with van der Waals surface area (Å²) in [5, 5.41) is 4.51. The van der Waals surface area contributed by atoms with Gasteiger partial charge >= 0.3 is 0 Å². The maximum Gasteiger partial charge on any atom is 0.267 e. The summed E-state index contributed by atoms with van der Waals surface area (Å²) >= 11 is 0. The summed E-state index contributed by atoms with van der Waals surface area (Å²) in [5.74, 6) is 0. The summed E-state index contributed by atoms with van der Waals surface area (Å²) in [4.78, 5) is 18.7. The molecule has 0 bridgehead atoms. The first-order valence-electron chi connectivity index (χ1n) is 7.48. The van der Waals surface area contributed by atoms with E-state index < -0.39 is 0 Å². The average Bonchev–Trinajstić information content (AvgIpc) is 2.49. The minimum absolute atomic E-state index is 0.00952. The lowest BCUT2D eigenvalue weighted by Crippen LogP contribution is -2.34. The van der Waals surface area contributed by atoms with Gasteiger partial charge in [0.05, 0.1) is 11.4 Å². The van der Waals surface area contributed by atoms with Gasteiger partial charge in [0, 0.05) is 44.9 Å². The van der Waals surface area contributed by atoms with Crippen LogP contribution in [-0.2, 0) is 26.1 Å². The van der Waals surface area contributed by atoms with Gasteiger partial charge in [0.1, 0.15) is 0 Å². The second-order valence-electron chi connectivity index (χ2n) is 5.46. The largest absolute Gasteiger partial charge is 0.293 e. The number of fused-ring (bicyclic) bond motifs is 1. The van der Waals surface area contributed by atoms with Crippen molar-refractivity contribution in [3.05, 3.63) is 57.8 Å². The zero-order chi connectivity index (χ0) is 14.7. The fourth-order valence-corrected chi connectivity index (χ4v) is 2.73. The van der Waals surface area contributed by atoms with Gasteiger partial charge in [-0.1, -0.05) is 13.0 Å². The van der Waals surface area contributed by atoms with Gasteiger partial charge in [0.2, 0.25) is 0 Å². The van der Waals surface area contributed by atoms with Crippen LogP contribution in [0.4, 0.5) is 0 Å². The average molecular weight is 284 g/mol. The van der Waals surface area contributed by atoms with E-state index in [2.05, 4.69) is 21.9 Å². The molecule has 0 fully saturated rings. The Morgan fingerprint density at radius 2 is 2.24 bits per heavy atom. The van der Waals surface area contributed by atoms with Crippen molar-refractivity contribution in [2.24, 2.45) is 0 Å². The second-order valence-corrected chi connectivity index (χ2v) is 5.46. The minimum atomic E-state index is 0.00952. The van der Waals surface area contributed by atoms with E-state index >= 15 is 0 Å². The van der Waals surface area contributed by atoms with Crippen LogP contribution >= 0.6 is 0 Å². The maximum absolute atomic E-state index is 12.0. The van der Waals surface area contributed by atoms with E-state index in [1.807, 2.05) is 24.4 Å². The molecule has 0 saturated carbocycles. The van der Waals surface area contributed by atoms with E-state index in [1.165, 1.54) is 0 Å². The van der Waals surface area contributed by atoms with Gasteiger partial charge in [-0.3, -0.25) is 14.7 Å². The van der Waals surface area contributed by atoms with Crippen molar-refractivity contribution in [3.63, 3.8) is 0 Å². The molecule has 2 aromatic rings. The Bertz CT molecular complexity index is 666. The van der Waals surface area contributed by atoms with Crippen LogP contribution in [0.2, 0.25) is 0 Å². The molecule has 3 rings (SSSR count). The lowest BCUT2D eigenvalue weighted by atomic mass is 10.1. The monoisotopic (exact) mass is 284 g/mol. The number of aryl methyl sites for hydroxylation is 1. The van der Waals surface area contributed by atoms with Gasteiger partial charge in [-0.15, -0.1) is 0 Å². The van der Waals surface area contributed by atoms with Crippen molar-refractivity contribution in [3.8, 4) is 0 Å². The van der Waals surface area contributed by atoms with Crippen molar-refractivity contribution in [1.29, 1.82) is 0 Å². The molecule has 3 heterocycles. The molecule has 0 aliphatic carbocycles. The normalized spacial score (nSPS) is 14.9. The topological polar surface area (TPSA) is 51.0 Å². The van der Waals surface area contributed by atoms with Crippen LogP contribution in [0.25, 0.3) is 0 Å². The molecular weight excluding hydrogens is 264 g/mol. The summed E-state index contributed by atoms with van der Waals surface area (Å²) in [6.07, 6.45) is 3.64. The quantitative estimate of drug-likeness (QED) is 0.856. The van der Waals surface area contributed by atoms with Crippen LogP contribution in [0.1, 0.15) is 30.3 Å². The molecule has 110 valence electrons. The SMILES string of the molecule is CCCn1nc2c(cc1=O)CN(Cc1ccccn1)CC2. The van der Waals surface area contributed by atoms with E-state index in [9.17, 15) is 4.79 Å². The second kappa shape index (κ2) is 6.18. The van der Waals surface area contributed by atoms with Crippen LogP contribution in [0.3, 0.4) is 0 Å². The third kappa shape index (κ3) is 3.19. The molecule has 0 atom stereocenters. The first-order chi connectivity index (χ1) is 10.3. The molecule has 0 spiro atoms. The first kappa shape index (κ1) is 13.9. The summed E-state index contributed by atoms with van der Waals surface area (Å²) in [7, 11) is 0. The summed E-state index contributed by atoms with van der Waals surface area (Å²) in [6, 6.07) is 7.72. The Labute approximate surface area is 124 Å². The highest BCUT2D eigenvalue weighted by atomic mass is 16.1. The Hall–Kier alpha value is -2.01. The van der Waals surface area contributed by atoms with Crippen molar-refractivity contribution >= 4 is 0 Å². The molecule has 0 saturated heterocycles. The van der Waals surface area contributed by atoms with Gasteiger partial charge in [0.25, 0.3) is 5.56 Å². The molecule has 21 heavy (non-hydrogen) atoms. The molecule has 2 aromatic heterocycles. The highest BCUT2D eigenvalue weighted by Crippen LogP contribution is 2.16. The zero-order valence-corrected chi connectivity index (χ0v) is 12.3. The van der Waals surface area contributed by atoms with Crippen LogP contribution in [0.15, 0.2) is 35.3 Å². The van der Waals surface area contributed by atoms with Crippen molar-refractivity contribution in [2.75, 3.05) is 6.54 Å². The number of aromatic nitrogens is 3. The van der Waals surface area contributed by atoms with Crippen LogP contribution in [0, 0.1) is 0 Å².